The fourth-order valence-corrected chi connectivity index (χ4v) is 4.53. The van der Waals surface area contributed by atoms with Crippen molar-refractivity contribution in [1.29, 1.82) is 0 Å². The van der Waals surface area contributed by atoms with Gasteiger partial charge >= 0.3 is 0 Å². The van der Waals surface area contributed by atoms with Crippen molar-refractivity contribution in [2.45, 2.75) is 11.4 Å². The third-order valence-corrected chi connectivity index (χ3v) is 6.77. The zero-order valence-electron chi connectivity index (χ0n) is 18.6. The fraction of sp³-hybridized carbons (Fsp3) is 0.0714. The number of pyridine rings is 1. The van der Waals surface area contributed by atoms with Crippen molar-refractivity contribution in [3.63, 3.8) is 0 Å². The van der Waals surface area contributed by atoms with E-state index in [1.807, 2.05) is 54.6 Å². The van der Waals surface area contributed by atoms with Crippen molar-refractivity contribution in [2.24, 2.45) is 0 Å². The lowest BCUT2D eigenvalue weighted by atomic mass is 10.0. The second-order valence-corrected chi connectivity index (χ2v) is 8.90. The van der Waals surface area contributed by atoms with Crippen molar-refractivity contribution in [3.8, 4) is 5.75 Å². The summed E-state index contributed by atoms with van der Waals surface area (Å²) >= 11 is 3.74. The molecule has 0 spiro atoms. The first-order valence-corrected chi connectivity index (χ1v) is 11.9. The summed E-state index contributed by atoms with van der Waals surface area (Å²) in [7, 11) is 0. The van der Waals surface area contributed by atoms with E-state index in [0.29, 0.717) is 23.9 Å². The van der Waals surface area contributed by atoms with Crippen LogP contribution < -0.4 is 9.64 Å². The molecule has 0 bridgehead atoms. The number of aromatic amines is 1. The van der Waals surface area contributed by atoms with Gasteiger partial charge in [0.15, 0.2) is 11.6 Å². The fourth-order valence-electron chi connectivity index (χ4n) is 3.94. The Bertz CT molecular complexity index is 1440. The van der Waals surface area contributed by atoms with Crippen molar-refractivity contribution in [3.05, 3.63) is 120 Å². The number of halogens is 2. The lowest BCUT2D eigenvalue weighted by molar-refractivity contribution is -0.106. The second-order valence-electron chi connectivity index (χ2n) is 7.98. The SMILES string of the molecule is O=CN(c1cccnc1)c1[nH]c2ccc(C(Br)c3ccc(F)cc3)cc2c1OCc1ccccc1. The molecule has 0 fully saturated rings. The standard InChI is InChI=1S/C28H21BrFN3O2/c29-26(20-8-11-22(30)12-9-20)21-10-13-25-24(15-21)27(35-17-19-5-2-1-3-6-19)28(32-25)33(18-34)23-7-4-14-31-16-23/h1-16,18,26,32H,17H2. The molecule has 35 heavy (non-hydrogen) atoms. The highest BCUT2D eigenvalue weighted by Gasteiger charge is 2.22. The number of rotatable bonds is 8. The number of carbonyl (C=O) groups excluding carboxylic acids is 1. The lowest BCUT2D eigenvalue weighted by Gasteiger charge is -2.18. The number of benzene rings is 3. The van der Waals surface area contributed by atoms with E-state index in [0.717, 1.165) is 34.0 Å². The van der Waals surface area contributed by atoms with Crippen molar-refractivity contribution in [1.82, 2.24) is 9.97 Å². The summed E-state index contributed by atoms with van der Waals surface area (Å²) in [6.45, 7) is 0.334. The van der Waals surface area contributed by atoms with Crippen LogP contribution in [0, 0.1) is 5.82 Å². The molecule has 0 radical (unpaired) electrons. The van der Waals surface area contributed by atoms with E-state index in [1.165, 1.54) is 17.0 Å². The number of hydrogen-bond acceptors (Lipinski definition) is 3. The summed E-state index contributed by atoms with van der Waals surface area (Å²) in [5.74, 6) is 0.796. The summed E-state index contributed by atoms with van der Waals surface area (Å²) in [4.78, 5) is 21.0. The number of nitrogens with one attached hydrogen (secondary N) is 1. The van der Waals surface area contributed by atoms with Crippen LogP contribution in [0.15, 0.2) is 97.3 Å². The maximum absolute atomic E-state index is 13.4. The molecule has 1 unspecified atom stereocenters. The average molecular weight is 530 g/mol. The number of ether oxygens (including phenoxy) is 1. The number of hydrogen-bond donors (Lipinski definition) is 1. The zero-order chi connectivity index (χ0) is 24.2. The summed E-state index contributed by atoms with van der Waals surface area (Å²) in [6, 6.07) is 25.8. The molecule has 0 saturated carbocycles. The molecule has 1 atom stereocenters. The highest BCUT2D eigenvalue weighted by atomic mass is 79.9. The molecule has 5 rings (SSSR count). The quantitative estimate of drug-likeness (QED) is 0.173. The minimum Gasteiger partial charge on any atom is -0.484 e. The van der Waals surface area contributed by atoms with Gasteiger partial charge in [-0.1, -0.05) is 64.5 Å². The van der Waals surface area contributed by atoms with Gasteiger partial charge in [0.2, 0.25) is 6.41 Å². The van der Waals surface area contributed by atoms with Crippen molar-refractivity contribution in [2.75, 3.05) is 4.90 Å². The molecule has 0 aliphatic heterocycles. The molecule has 1 N–H and O–H groups in total. The van der Waals surface area contributed by atoms with Gasteiger partial charge in [-0.3, -0.25) is 14.7 Å². The molecule has 5 nitrogen and oxygen atoms in total. The molecule has 2 aromatic heterocycles. The van der Waals surface area contributed by atoms with Crippen LogP contribution in [-0.2, 0) is 11.4 Å². The third kappa shape index (κ3) is 4.81. The van der Waals surface area contributed by atoms with Gasteiger partial charge in [-0.15, -0.1) is 0 Å². The first-order valence-electron chi connectivity index (χ1n) is 11.0. The number of alkyl halides is 1. The first-order chi connectivity index (χ1) is 17.1. The van der Waals surface area contributed by atoms with Gasteiger partial charge in [-0.05, 0) is 53.1 Å². The van der Waals surface area contributed by atoms with Gasteiger partial charge in [-0.2, -0.15) is 0 Å². The predicted octanol–water partition coefficient (Wildman–Crippen LogP) is 7.06. The maximum Gasteiger partial charge on any atom is 0.220 e. The maximum atomic E-state index is 13.4. The molecule has 0 aliphatic rings. The first kappa shape index (κ1) is 22.8. The highest BCUT2D eigenvalue weighted by molar-refractivity contribution is 9.09. The van der Waals surface area contributed by atoms with Gasteiger partial charge < -0.3 is 9.72 Å². The lowest BCUT2D eigenvalue weighted by Crippen LogP contribution is -2.15. The predicted molar refractivity (Wildman–Crippen MR) is 139 cm³/mol. The van der Waals surface area contributed by atoms with Crippen LogP contribution in [0.2, 0.25) is 0 Å². The van der Waals surface area contributed by atoms with Crippen molar-refractivity contribution >= 4 is 44.7 Å². The van der Waals surface area contributed by atoms with Gasteiger partial charge in [0.25, 0.3) is 0 Å². The van der Waals surface area contributed by atoms with Gasteiger partial charge in [0.05, 0.1) is 22.2 Å². The third-order valence-electron chi connectivity index (χ3n) is 5.71. The molecule has 174 valence electrons. The van der Waals surface area contributed by atoms with E-state index in [1.54, 1.807) is 30.6 Å². The molecular weight excluding hydrogens is 509 g/mol. The van der Waals surface area contributed by atoms with Crippen LogP contribution in [0.25, 0.3) is 10.9 Å². The van der Waals surface area contributed by atoms with E-state index < -0.39 is 0 Å². The number of fused-ring (bicyclic) bond motifs is 1. The number of anilines is 2. The van der Waals surface area contributed by atoms with E-state index in [9.17, 15) is 9.18 Å². The number of aromatic nitrogens is 2. The smallest absolute Gasteiger partial charge is 0.220 e. The molecule has 5 aromatic rings. The summed E-state index contributed by atoms with van der Waals surface area (Å²) in [6.07, 6.45) is 4.02. The molecule has 2 heterocycles. The summed E-state index contributed by atoms with van der Waals surface area (Å²) in [5, 5.41) is 0.829. The van der Waals surface area contributed by atoms with Crippen LogP contribution in [0.1, 0.15) is 21.5 Å². The Labute approximate surface area is 210 Å². The van der Waals surface area contributed by atoms with Crippen LogP contribution in [0.5, 0.6) is 5.75 Å². The Morgan fingerprint density at radius 3 is 2.49 bits per heavy atom. The van der Waals surface area contributed by atoms with Crippen LogP contribution >= 0.6 is 15.9 Å². The molecular formula is C28H21BrFN3O2. The van der Waals surface area contributed by atoms with Gasteiger partial charge in [0, 0.05) is 11.6 Å². The largest absolute Gasteiger partial charge is 0.484 e. The normalized spacial score (nSPS) is 11.8. The zero-order valence-corrected chi connectivity index (χ0v) is 20.2. The van der Waals surface area contributed by atoms with Gasteiger partial charge in [0.1, 0.15) is 12.4 Å². The van der Waals surface area contributed by atoms with E-state index in [4.69, 9.17) is 4.74 Å². The van der Waals surface area contributed by atoms with Crippen LogP contribution in [0.3, 0.4) is 0 Å². The minimum atomic E-state index is -0.278. The topological polar surface area (TPSA) is 58.2 Å². The van der Waals surface area contributed by atoms with E-state index in [-0.39, 0.29) is 10.6 Å². The molecule has 3 aromatic carbocycles. The number of H-pyrrole nitrogens is 1. The Balaban J connectivity index is 1.59. The Morgan fingerprint density at radius 1 is 1.00 bits per heavy atom. The number of carbonyl (C=O) groups is 1. The van der Waals surface area contributed by atoms with Gasteiger partial charge in [-0.25, -0.2) is 4.39 Å². The Kier molecular flexibility index (Phi) is 6.59. The van der Waals surface area contributed by atoms with E-state index in [2.05, 4.69) is 25.9 Å². The molecule has 0 saturated heterocycles. The second kappa shape index (κ2) is 10.1. The summed E-state index contributed by atoms with van der Waals surface area (Å²) < 4.78 is 19.7. The Hall–Kier alpha value is -3.97. The minimum absolute atomic E-state index is 0.145. The Morgan fingerprint density at radius 2 is 1.77 bits per heavy atom. The summed E-state index contributed by atoms with van der Waals surface area (Å²) in [5.41, 5.74) is 4.34. The molecule has 1 amide bonds. The van der Waals surface area contributed by atoms with E-state index >= 15 is 0 Å². The number of nitrogens with zero attached hydrogens (tertiary/aromatic N) is 2. The molecule has 7 heteroatoms. The average Bonchev–Trinajstić information content (AvgIpc) is 3.26. The number of amides is 1. The monoisotopic (exact) mass is 529 g/mol. The van der Waals surface area contributed by atoms with Crippen LogP contribution in [-0.4, -0.2) is 16.4 Å². The van der Waals surface area contributed by atoms with Crippen LogP contribution in [0.4, 0.5) is 15.9 Å². The highest BCUT2D eigenvalue weighted by Crippen LogP contribution is 2.42. The molecule has 0 aliphatic carbocycles. The van der Waals surface area contributed by atoms with Crippen molar-refractivity contribution < 1.29 is 13.9 Å².